The lowest BCUT2D eigenvalue weighted by Gasteiger charge is -2.12. The second-order valence-corrected chi connectivity index (χ2v) is 26.3. The summed E-state index contributed by atoms with van der Waals surface area (Å²) < 4.78 is 39.2. The highest BCUT2D eigenvalue weighted by atomic mass is 35.5. The maximum atomic E-state index is 13.1. The molecule has 0 fully saturated rings. The number of amides is 1. The van der Waals surface area contributed by atoms with Crippen LogP contribution >= 0.6 is 45.6 Å². The summed E-state index contributed by atoms with van der Waals surface area (Å²) in [5.74, 6) is -1.77. The van der Waals surface area contributed by atoms with Gasteiger partial charge in [0, 0.05) is 121 Å². The number of halogens is 4. The topological polar surface area (TPSA) is 394 Å². The van der Waals surface area contributed by atoms with Crippen molar-refractivity contribution in [2.75, 3.05) is 12.3 Å². The average molecular weight is 1530 g/mol. The lowest BCUT2D eigenvalue weighted by molar-refractivity contribution is -0.385. The van der Waals surface area contributed by atoms with Crippen LogP contribution in [-0.2, 0) is 47.9 Å². The molecule has 26 nitrogen and oxygen atoms in total. The van der Waals surface area contributed by atoms with Gasteiger partial charge in [-0.25, -0.2) is 4.79 Å². The monoisotopic (exact) mass is 1530 g/mol. The molecule has 0 saturated carbocycles. The Labute approximate surface area is 623 Å². The summed E-state index contributed by atoms with van der Waals surface area (Å²) in [5, 5.41) is 82.4. The molecule has 7 aromatic carbocycles. The van der Waals surface area contributed by atoms with E-state index in [-0.39, 0.29) is 70.4 Å². The maximum Gasteiger partial charge on any atom is 0.416 e. The number of nitrogens with one attached hydrogen (secondary N) is 1. The van der Waals surface area contributed by atoms with E-state index in [4.69, 9.17) is 22.4 Å². The lowest BCUT2D eigenvalue weighted by Crippen LogP contribution is -2.29. The number of carboxylic acids is 1. The molecule has 0 unspecified atom stereocenters. The van der Waals surface area contributed by atoms with Gasteiger partial charge in [-0.2, -0.15) is 13.2 Å². The number of carbonyl (C=O) groups is 5. The number of aryl methyl sites for hydroxylation is 3. The molecule has 0 spiro atoms. The van der Waals surface area contributed by atoms with Crippen LogP contribution in [0.1, 0.15) is 148 Å². The fourth-order valence-corrected chi connectivity index (χ4v) is 11.7. The van der Waals surface area contributed by atoms with Crippen LogP contribution in [0.3, 0.4) is 0 Å². The smallest absolute Gasteiger partial charge is 0.416 e. The van der Waals surface area contributed by atoms with Gasteiger partial charge in [-0.1, -0.05) is 130 Å². The third kappa shape index (κ3) is 29.8. The van der Waals surface area contributed by atoms with Gasteiger partial charge in [0.1, 0.15) is 35.8 Å². The number of aromatic nitrogens is 6. The summed E-state index contributed by atoms with van der Waals surface area (Å²) in [5.41, 5.74) is 9.77. The highest BCUT2D eigenvalue weighted by Crippen LogP contribution is 2.33. The highest BCUT2D eigenvalue weighted by Gasteiger charge is 2.33. The summed E-state index contributed by atoms with van der Waals surface area (Å²) in [7, 11) is 0. The molecule has 0 aliphatic heterocycles. The lowest BCUT2D eigenvalue weighted by atomic mass is 9.98. The summed E-state index contributed by atoms with van der Waals surface area (Å²) in [4.78, 5) is 95.5. The van der Waals surface area contributed by atoms with E-state index in [9.17, 15) is 77.6 Å². The molecule has 0 atom stereocenters. The number of nitrogens with zero attached hydrogens (tertiary/aromatic N) is 10. The van der Waals surface area contributed by atoms with Gasteiger partial charge in [0.05, 0.1) is 37.4 Å². The molecular formula is C73H74ClF3N12O14S3. The first-order valence-corrected chi connectivity index (χ1v) is 35.8. The van der Waals surface area contributed by atoms with Gasteiger partial charge in [0.15, 0.2) is 5.78 Å². The van der Waals surface area contributed by atoms with Gasteiger partial charge in [-0.15, -0.1) is 30.6 Å². The Hall–Kier alpha value is -11.4. The van der Waals surface area contributed by atoms with Crippen molar-refractivity contribution in [3.05, 3.63) is 259 Å². The van der Waals surface area contributed by atoms with Gasteiger partial charge < -0.3 is 16.2 Å². The maximum absolute atomic E-state index is 13.1. The van der Waals surface area contributed by atoms with Crippen LogP contribution in [0.15, 0.2) is 170 Å². The number of ketones is 2. The Bertz CT molecular complexity index is 4380. The zero-order valence-electron chi connectivity index (χ0n) is 57.8. The molecule has 0 radical (unpaired) electrons. The number of benzene rings is 7. The van der Waals surface area contributed by atoms with Crippen molar-refractivity contribution in [3.8, 4) is 31.7 Å². The number of rotatable bonds is 28. The van der Waals surface area contributed by atoms with Gasteiger partial charge in [0.25, 0.3) is 33.9 Å². The number of hydrogen-bond donors (Lipinski definition) is 3. The predicted octanol–water partition coefficient (Wildman–Crippen LogP) is 17.9. The molecular weight excluding hydrogens is 1460 g/mol. The highest BCUT2D eigenvalue weighted by molar-refractivity contribution is 7.15. The molecule has 10 aromatic rings. The molecule has 3 aromatic heterocycles. The van der Waals surface area contributed by atoms with Gasteiger partial charge in [-0.05, 0) is 127 Å². The molecule has 0 aliphatic rings. The van der Waals surface area contributed by atoms with Crippen LogP contribution < -0.4 is 11.1 Å². The number of nitro groups is 4. The first-order valence-electron chi connectivity index (χ1n) is 32.9. The third-order valence-corrected chi connectivity index (χ3v) is 18.0. The van der Waals surface area contributed by atoms with E-state index in [0.717, 1.165) is 134 Å². The van der Waals surface area contributed by atoms with E-state index in [1.165, 1.54) is 104 Å². The van der Waals surface area contributed by atoms with Crippen molar-refractivity contribution in [2.45, 2.75) is 124 Å². The van der Waals surface area contributed by atoms with Crippen LogP contribution in [0.25, 0.3) is 31.7 Å². The van der Waals surface area contributed by atoms with Crippen LogP contribution in [0, 0.1) is 40.5 Å². The third-order valence-electron chi connectivity index (χ3n) is 14.7. The number of anilines is 1. The Kier molecular flexibility index (Phi) is 35.7. The SMILES string of the molecule is CCCCC(=O)CNC(=O)c1ccc([N+](=O)[O-])cc1.CCCCc1nnc(-c2ccc(CC(=O)Cc3ccccc3C(F)(F)F)cc2)s1.CCCCc1nnc(-c2ccc(N)cc2)s1.CCCCc1nnc(-c2ccc([N+](=O)[O-])cc2)s1.O=C(Cl)c1ccc([N+](=O)[O-])cc1.O=C(O)c1ccc([N+](=O)[O-])cc1. The number of non-ortho nitro benzene ring substituents is 4. The average Bonchev–Trinajstić information content (AvgIpc) is 1.28. The second kappa shape index (κ2) is 44.3. The molecule has 10 rings (SSSR count). The normalized spacial score (nSPS) is 10.5. The molecule has 4 N–H and O–H groups in total. The van der Waals surface area contributed by atoms with Gasteiger partial charge in [-0.3, -0.25) is 59.6 Å². The van der Waals surface area contributed by atoms with Crippen LogP contribution in [0.5, 0.6) is 0 Å². The van der Waals surface area contributed by atoms with E-state index >= 15 is 0 Å². The first-order chi connectivity index (χ1) is 50.6. The van der Waals surface area contributed by atoms with E-state index < -0.39 is 48.6 Å². The van der Waals surface area contributed by atoms with E-state index in [1.807, 2.05) is 55.5 Å². The van der Waals surface area contributed by atoms with Gasteiger partial charge >= 0.3 is 12.1 Å². The molecule has 1 amide bonds. The molecule has 0 saturated heterocycles. The minimum absolute atomic E-state index is 0.00415. The van der Waals surface area contributed by atoms with Crippen molar-refractivity contribution in [1.82, 2.24) is 35.9 Å². The van der Waals surface area contributed by atoms with Crippen molar-refractivity contribution >= 4 is 103 Å². The number of alkyl halides is 3. The number of nitrogens with two attached hydrogens (primary N) is 1. The van der Waals surface area contributed by atoms with Crippen molar-refractivity contribution in [3.63, 3.8) is 0 Å². The van der Waals surface area contributed by atoms with Crippen LogP contribution in [-0.4, -0.2) is 90.6 Å². The summed E-state index contributed by atoms with van der Waals surface area (Å²) >= 11 is 9.90. The van der Waals surface area contributed by atoms with E-state index in [2.05, 4.69) is 56.7 Å². The number of aromatic carboxylic acids is 1. The minimum atomic E-state index is -4.46. The fraction of sp³-hybridized carbons (Fsp3) is 0.274. The number of unbranched alkanes of at least 4 members (excludes halogenated alkanes) is 4. The van der Waals surface area contributed by atoms with Crippen LogP contribution in [0.4, 0.5) is 41.6 Å². The molecule has 3 heterocycles. The predicted molar refractivity (Wildman–Crippen MR) is 400 cm³/mol. The summed E-state index contributed by atoms with van der Waals surface area (Å²) in [6.45, 7) is 8.43. The Balaban J connectivity index is 0.000000235. The standard InChI is InChI=1S/C22H21F3N2OS.C13H16N2O4.C12H13N3O2S.C12H15N3S.C7H4ClNO3.C7H5NO4/c1-2-3-8-20-26-27-21(29-20)16-11-9-15(10-12-16)13-18(28)14-17-6-4-5-7-19(17)22(23,24)25;1-2-3-4-12(16)9-14-13(17)10-5-7-11(8-6-10)15(18)19;1-2-3-4-11-13-14-12(18-11)9-5-7-10(8-6-9)15(16)17;1-2-3-4-11-14-15-12(16-11)9-5-7-10(13)8-6-9;8-7(10)5-1-3-6(4-2-5)9(11)12;9-7(10)5-1-3-6(4-2-5)8(11)12/h4-7,9-12H,2-3,8,13-14H2,1H3;5-8H,2-4,9H2,1H3,(H,14,17);5-8H,2-4H2,1H3;5-8H,2-4,13H2,1H3;1-4H;1-4H,(H,9,10). The Morgan fingerprint density at radius 3 is 1.20 bits per heavy atom. The first kappa shape index (κ1) is 85.3. The van der Waals surface area contributed by atoms with Crippen molar-refractivity contribution in [2.24, 2.45) is 0 Å². The Morgan fingerprint density at radius 2 is 0.830 bits per heavy atom. The van der Waals surface area contributed by atoms with Crippen molar-refractivity contribution in [1.29, 1.82) is 0 Å². The number of carbonyl (C=O) groups excluding carboxylic acids is 4. The van der Waals surface area contributed by atoms with Crippen molar-refractivity contribution < 1.29 is 61.9 Å². The van der Waals surface area contributed by atoms with Crippen LogP contribution in [0.2, 0.25) is 0 Å². The summed E-state index contributed by atoms with van der Waals surface area (Å²) in [6, 6.07) is 41.8. The zero-order valence-corrected chi connectivity index (χ0v) is 61.0. The number of carboxylic acid groups (broad SMARTS) is 1. The molecule has 0 bridgehead atoms. The number of Topliss-reactive ketones (excluding diaryl/α,β-unsaturated/α-hetero) is 2. The molecule has 33 heteroatoms. The minimum Gasteiger partial charge on any atom is -0.478 e. The van der Waals surface area contributed by atoms with E-state index in [1.54, 1.807) is 46.1 Å². The Morgan fingerprint density at radius 1 is 0.472 bits per heavy atom. The number of nitro benzene ring substituents is 4. The van der Waals surface area contributed by atoms with Gasteiger partial charge in [0.2, 0.25) is 0 Å². The summed E-state index contributed by atoms with van der Waals surface area (Å²) in [6.07, 6.45) is 7.26. The molecule has 556 valence electrons. The zero-order chi connectivity index (χ0) is 77.7. The second-order valence-electron chi connectivity index (χ2n) is 22.8. The number of nitrogen functional groups attached to an aromatic ring is 1. The van der Waals surface area contributed by atoms with E-state index in [0.29, 0.717) is 12.0 Å². The fourth-order valence-electron chi connectivity index (χ4n) is 8.89. The molecule has 0 aliphatic carbocycles. The number of hydrogen-bond acceptors (Lipinski definition) is 23. The molecule has 106 heavy (non-hydrogen) atoms. The quantitative estimate of drug-likeness (QED) is 0.0177. The largest absolute Gasteiger partial charge is 0.478 e.